The topological polar surface area (TPSA) is 71.7 Å². The molecule has 1 atom stereocenters. The van der Waals surface area contributed by atoms with E-state index < -0.39 is 6.10 Å². The Balaban J connectivity index is 1.57. The van der Waals surface area contributed by atoms with E-state index in [1.807, 2.05) is 26.0 Å². The summed E-state index contributed by atoms with van der Waals surface area (Å²) in [5.74, 6) is 0.643. The molecule has 0 amide bonds. The first-order valence-electron chi connectivity index (χ1n) is 8.84. The van der Waals surface area contributed by atoms with E-state index >= 15 is 0 Å². The maximum absolute atomic E-state index is 11.5. The molecule has 0 saturated heterocycles. The van der Waals surface area contributed by atoms with Crippen molar-refractivity contribution in [3.8, 4) is 5.75 Å². The van der Waals surface area contributed by atoms with Gasteiger partial charge in [-0.2, -0.15) is 0 Å². The summed E-state index contributed by atoms with van der Waals surface area (Å²) in [5, 5.41) is 15.3. The Morgan fingerprint density at radius 3 is 2.68 bits per heavy atom. The van der Waals surface area contributed by atoms with Crippen molar-refractivity contribution in [2.75, 3.05) is 13.2 Å². The number of aliphatic hydroxyl groups is 1. The molecule has 0 aliphatic rings. The maximum atomic E-state index is 11.5. The smallest absolute Gasteiger partial charge is 0.336 e. The molecule has 1 aromatic heterocycles. The van der Waals surface area contributed by atoms with E-state index in [1.165, 1.54) is 6.07 Å². The molecule has 0 bridgehead atoms. The van der Waals surface area contributed by atoms with Crippen molar-refractivity contribution in [2.45, 2.75) is 26.5 Å². The van der Waals surface area contributed by atoms with Gasteiger partial charge in [0.15, 0.2) is 0 Å². The molecule has 2 N–H and O–H groups in total. The number of aryl methyl sites for hydroxylation is 2. The van der Waals surface area contributed by atoms with Crippen molar-refractivity contribution in [2.24, 2.45) is 0 Å². The van der Waals surface area contributed by atoms with Crippen LogP contribution in [0.4, 0.5) is 0 Å². The van der Waals surface area contributed by atoms with Crippen LogP contribution < -0.4 is 15.7 Å². The summed E-state index contributed by atoms with van der Waals surface area (Å²) in [5.41, 5.74) is 2.70. The van der Waals surface area contributed by atoms with Crippen LogP contribution in [0, 0.1) is 13.8 Å². The lowest BCUT2D eigenvalue weighted by Crippen LogP contribution is -2.31. The van der Waals surface area contributed by atoms with Gasteiger partial charge in [-0.25, -0.2) is 4.79 Å². The number of hydrogen-bond acceptors (Lipinski definition) is 5. The molecule has 5 nitrogen and oxygen atoms in total. The van der Waals surface area contributed by atoms with Crippen LogP contribution in [-0.4, -0.2) is 24.4 Å². The number of rotatable bonds is 7. The fraction of sp³-hybridized carbons (Fsp3) is 0.286. The number of aliphatic hydroxyl groups excluding tert-OH is 1. The molecule has 7 heteroatoms. The summed E-state index contributed by atoms with van der Waals surface area (Å²) >= 11 is 12.0. The fourth-order valence-electron chi connectivity index (χ4n) is 2.89. The molecule has 3 aromatic rings. The van der Waals surface area contributed by atoms with Gasteiger partial charge < -0.3 is 19.6 Å². The second-order valence-corrected chi connectivity index (χ2v) is 7.54. The number of hydrogen-bond donors (Lipinski definition) is 2. The first-order valence-corrected chi connectivity index (χ1v) is 9.59. The molecule has 28 heavy (non-hydrogen) atoms. The molecule has 1 unspecified atom stereocenters. The molecular formula is C21H21Cl2NO4. The molecule has 0 radical (unpaired) electrons. The molecule has 2 aromatic carbocycles. The SMILES string of the molecule is Cc1cc2oc(=O)cc(C)c2cc1OCC(O)CNCc1ccc(Cl)cc1Cl. The highest BCUT2D eigenvalue weighted by Gasteiger charge is 2.11. The van der Waals surface area contributed by atoms with Gasteiger partial charge in [-0.15, -0.1) is 0 Å². The predicted molar refractivity (Wildman–Crippen MR) is 112 cm³/mol. The molecule has 0 aliphatic carbocycles. The fourth-order valence-corrected chi connectivity index (χ4v) is 3.36. The van der Waals surface area contributed by atoms with Crippen LogP contribution in [0.25, 0.3) is 11.0 Å². The third kappa shape index (κ3) is 5.06. The van der Waals surface area contributed by atoms with E-state index in [0.29, 0.717) is 34.5 Å². The zero-order valence-electron chi connectivity index (χ0n) is 15.6. The third-order valence-electron chi connectivity index (χ3n) is 4.39. The monoisotopic (exact) mass is 421 g/mol. The number of halogens is 2. The number of fused-ring (bicyclic) bond motifs is 1. The quantitative estimate of drug-likeness (QED) is 0.558. The van der Waals surface area contributed by atoms with Crippen LogP contribution in [0.2, 0.25) is 10.0 Å². The highest BCUT2D eigenvalue weighted by Crippen LogP contribution is 2.27. The van der Waals surface area contributed by atoms with Gasteiger partial charge in [0, 0.05) is 34.6 Å². The Bertz CT molecular complexity index is 1050. The van der Waals surface area contributed by atoms with Crippen LogP contribution in [0.3, 0.4) is 0 Å². The van der Waals surface area contributed by atoms with E-state index in [0.717, 1.165) is 22.1 Å². The van der Waals surface area contributed by atoms with Crippen molar-refractivity contribution in [1.29, 1.82) is 0 Å². The van der Waals surface area contributed by atoms with Gasteiger partial charge in [0.2, 0.25) is 0 Å². The second-order valence-electron chi connectivity index (χ2n) is 6.69. The Labute approximate surface area is 172 Å². The van der Waals surface area contributed by atoms with Gasteiger partial charge in [0.25, 0.3) is 0 Å². The van der Waals surface area contributed by atoms with E-state index in [-0.39, 0.29) is 12.2 Å². The number of benzene rings is 2. The van der Waals surface area contributed by atoms with Gasteiger partial charge in [-0.1, -0.05) is 29.3 Å². The van der Waals surface area contributed by atoms with Crippen LogP contribution in [-0.2, 0) is 6.54 Å². The van der Waals surface area contributed by atoms with E-state index in [1.54, 1.807) is 18.2 Å². The van der Waals surface area contributed by atoms with E-state index in [9.17, 15) is 9.90 Å². The summed E-state index contributed by atoms with van der Waals surface area (Å²) in [6.45, 7) is 4.70. The first kappa shape index (κ1) is 20.7. The van der Waals surface area contributed by atoms with Crippen molar-refractivity contribution in [3.05, 3.63) is 73.6 Å². The lowest BCUT2D eigenvalue weighted by atomic mass is 10.1. The zero-order chi connectivity index (χ0) is 20.3. The maximum Gasteiger partial charge on any atom is 0.336 e. The van der Waals surface area contributed by atoms with Crippen LogP contribution >= 0.6 is 23.2 Å². The summed E-state index contributed by atoms with van der Waals surface area (Å²) in [6, 6.07) is 10.4. The number of ether oxygens (including phenoxy) is 1. The molecule has 3 rings (SSSR count). The summed E-state index contributed by atoms with van der Waals surface area (Å²) in [6.07, 6.45) is -0.698. The predicted octanol–water partition coefficient (Wildman–Crippen LogP) is 4.25. The summed E-state index contributed by atoms with van der Waals surface area (Å²) in [4.78, 5) is 11.5. The Morgan fingerprint density at radius 2 is 1.93 bits per heavy atom. The van der Waals surface area contributed by atoms with Crippen molar-refractivity contribution in [3.63, 3.8) is 0 Å². The van der Waals surface area contributed by atoms with Gasteiger partial charge in [0.05, 0.1) is 0 Å². The van der Waals surface area contributed by atoms with Crippen LogP contribution in [0.15, 0.2) is 45.6 Å². The summed E-state index contributed by atoms with van der Waals surface area (Å²) in [7, 11) is 0. The molecule has 1 heterocycles. The van der Waals surface area contributed by atoms with E-state index in [4.69, 9.17) is 32.4 Å². The Morgan fingerprint density at radius 1 is 1.14 bits per heavy atom. The minimum absolute atomic E-state index is 0.128. The third-order valence-corrected chi connectivity index (χ3v) is 4.98. The van der Waals surface area contributed by atoms with Crippen molar-refractivity contribution >= 4 is 34.2 Å². The average Bonchev–Trinajstić information content (AvgIpc) is 2.62. The molecule has 0 fully saturated rings. The minimum Gasteiger partial charge on any atom is -0.491 e. The summed E-state index contributed by atoms with van der Waals surface area (Å²) < 4.78 is 11.0. The van der Waals surface area contributed by atoms with Gasteiger partial charge in [0.1, 0.15) is 24.0 Å². The molecule has 0 aliphatic heterocycles. The van der Waals surface area contributed by atoms with Crippen LogP contribution in [0.5, 0.6) is 5.75 Å². The van der Waals surface area contributed by atoms with Crippen LogP contribution in [0.1, 0.15) is 16.7 Å². The highest BCUT2D eigenvalue weighted by molar-refractivity contribution is 6.35. The largest absolute Gasteiger partial charge is 0.491 e. The normalized spacial score (nSPS) is 12.3. The second kappa shape index (κ2) is 8.97. The lowest BCUT2D eigenvalue weighted by molar-refractivity contribution is 0.106. The lowest BCUT2D eigenvalue weighted by Gasteiger charge is -2.15. The Hall–Kier alpha value is -2.05. The standard InChI is InChI=1S/C21H21Cl2NO4/c1-12-6-21(26)28-20-5-13(2)19(8-17(12)20)27-11-16(25)10-24-9-14-3-4-15(22)7-18(14)23/h3-8,16,24-25H,9-11H2,1-2H3. The molecule has 148 valence electrons. The van der Waals surface area contributed by atoms with Gasteiger partial charge in [-0.3, -0.25) is 0 Å². The Kier molecular flexibility index (Phi) is 6.62. The van der Waals surface area contributed by atoms with Gasteiger partial charge >= 0.3 is 5.63 Å². The van der Waals surface area contributed by atoms with Gasteiger partial charge in [-0.05, 0) is 54.8 Å². The molecule has 0 spiro atoms. The zero-order valence-corrected chi connectivity index (χ0v) is 17.1. The first-order chi connectivity index (χ1) is 13.3. The average molecular weight is 422 g/mol. The minimum atomic E-state index is -0.698. The highest BCUT2D eigenvalue weighted by atomic mass is 35.5. The number of nitrogens with one attached hydrogen (secondary N) is 1. The molecular weight excluding hydrogens is 401 g/mol. The van der Waals surface area contributed by atoms with Crippen molar-refractivity contribution in [1.82, 2.24) is 5.32 Å². The van der Waals surface area contributed by atoms with Crippen molar-refractivity contribution < 1.29 is 14.3 Å². The van der Waals surface area contributed by atoms with E-state index in [2.05, 4.69) is 5.32 Å². The molecule has 0 saturated carbocycles.